The van der Waals surface area contributed by atoms with Crippen LogP contribution in [0.5, 0.6) is 17.2 Å². The van der Waals surface area contributed by atoms with Crippen LogP contribution in [0.3, 0.4) is 0 Å². The minimum absolute atomic E-state index is 0.0204. The first kappa shape index (κ1) is 14.6. The van der Waals surface area contributed by atoms with Crippen LogP contribution >= 0.6 is 0 Å². The Kier molecular flexibility index (Phi) is 3.68. The molecule has 0 bridgehead atoms. The molecule has 5 nitrogen and oxygen atoms in total. The van der Waals surface area contributed by atoms with Crippen molar-refractivity contribution in [3.63, 3.8) is 0 Å². The molecule has 3 rings (SSSR count). The molecule has 116 valence electrons. The number of nitrogen functional groups attached to an aromatic ring is 1. The average Bonchev–Trinajstić information content (AvgIpc) is 2.60. The first-order valence-corrected chi connectivity index (χ1v) is 7.03. The molecular formula is C18H16N2O3. The maximum absolute atomic E-state index is 9.95. The van der Waals surface area contributed by atoms with Gasteiger partial charge in [-0.2, -0.15) is 0 Å². The summed E-state index contributed by atoms with van der Waals surface area (Å²) >= 11 is 0. The Morgan fingerprint density at radius 2 is 1.17 bits per heavy atom. The van der Waals surface area contributed by atoms with Crippen molar-refractivity contribution >= 4 is 22.7 Å². The van der Waals surface area contributed by atoms with Gasteiger partial charge in [0.15, 0.2) is 11.5 Å². The first-order valence-electron chi connectivity index (χ1n) is 7.03. The molecule has 3 aromatic rings. The Hall–Kier alpha value is -3.34. The van der Waals surface area contributed by atoms with Crippen molar-refractivity contribution in [3.8, 4) is 17.2 Å². The predicted molar refractivity (Wildman–Crippen MR) is 90.5 cm³/mol. The number of anilines is 4. The molecular weight excluding hydrogens is 292 g/mol. The van der Waals surface area contributed by atoms with Crippen LogP contribution in [0.2, 0.25) is 0 Å². The standard InChI is InChI=1S/C18H16N2O3/c19-16-14(11-15(21)17(22)18(16)23)20(12-7-3-1-4-8-12)13-9-5-2-6-10-13/h1-11,21-23H,19H2. The fourth-order valence-electron chi connectivity index (χ4n) is 2.41. The highest BCUT2D eigenvalue weighted by Gasteiger charge is 2.21. The van der Waals surface area contributed by atoms with Crippen LogP contribution in [0.1, 0.15) is 0 Å². The molecule has 0 atom stereocenters. The second-order valence-corrected chi connectivity index (χ2v) is 5.03. The van der Waals surface area contributed by atoms with Gasteiger partial charge in [-0.25, -0.2) is 0 Å². The van der Waals surface area contributed by atoms with Gasteiger partial charge >= 0.3 is 0 Å². The van der Waals surface area contributed by atoms with Crippen LogP contribution in [0, 0.1) is 0 Å². The van der Waals surface area contributed by atoms with Crippen molar-refractivity contribution in [1.29, 1.82) is 0 Å². The van der Waals surface area contributed by atoms with E-state index in [9.17, 15) is 15.3 Å². The van der Waals surface area contributed by atoms with Gasteiger partial charge in [0.05, 0.1) is 5.69 Å². The van der Waals surface area contributed by atoms with Crippen molar-refractivity contribution in [1.82, 2.24) is 0 Å². The molecule has 5 N–H and O–H groups in total. The summed E-state index contributed by atoms with van der Waals surface area (Å²) in [6.07, 6.45) is 0. The lowest BCUT2D eigenvalue weighted by Gasteiger charge is -2.27. The number of phenolic OH excluding ortho intramolecular Hbond substituents is 3. The molecule has 0 amide bonds. The molecule has 0 saturated carbocycles. The van der Waals surface area contributed by atoms with E-state index in [1.54, 1.807) is 4.90 Å². The molecule has 0 heterocycles. The first-order chi connectivity index (χ1) is 11.1. The fraction of sp³-hybridized carbons (Fsp3) is 0. The van der Waals surface area contributed by atoms with Crippen molar-refractivity contribution in [2.24, 2.45) is 0 Å². The van der Waals surface area contributed by atoms with E-state index < -0.39 is 17.2 Å². The second kappa shape index (κ2) is 5.81. The van der Waals surface area contributed by atoms with Crippen LogP contribution in [0.15, 0.2) is 66.7 Å². The van der Waals surface area contributed by atoms with Crippen molar-refractivity contribution in [2.75, 3.05) is 10.6 Å². The molecule has 0 radical (unpaired) electrons. The fourth-order valence-corrected chi connectivity index (χ4v) is 2.41. The maximum Gasteiger partial charge on any atom is 0.202 e. The number of nitrogens with two attached hydrogens (primary N) is 1. The molecule has 0 fully saturated rings. The second-order valence-electron chi connectivity index (χ2n) is 5.03. The largest absolute Gasteiger partial charge is 0.504 e. The SMILES string of the molecule is Nc1c(N(c2ccccc2)c2ccccc2)cc(O)c(O)c1O. The summed E-state index contributed by atoms with van der Waals surface area (Å²) in [6.45, 7) is 0. The summed E-state index contributed by atoms with van der Waals surface area (Å²) in [5.74, 6) is -1.62. The average molecular weight is 308 g/mol. The topological polar surface area (TPSA) is 90.0 Å². The number of rotatable bonds is 3. The van der Waals surface area contributed by atoms with Crippen LogP contribution < -0.4 is 10.6 Å². The lowest BCUT2D eigenvalue weighted by molar-refractivity contribution is 0.369. The van der Waals surface area contributed by atoms with Crippen molar-refractivity contribution in [3.05, 3.63) is 66.7 Å². The van der Waals surface area contributed by atoms with Crippen molar-refractivity contribution in [2.45, 2.75) is 0 Å². The van der Waals surface area contributed by atoms with Gasteiger partial charge in [0, 0.05) is 17.4 Å². The van der Waals surface area contributed by atoms with Crippen LogP contribution in [-0.2, 0) is 0 Å². The van der Waals surface area contributed by atoms with Crippen molar-refractivity contribution < 1.29 is 15.3 Å². The Morgan fingerprint density at radius 1 is 0.696 bits per heavy atom. The summed E-state index contributed by atoms with van der Waals surface area (Å²) in [7, 11) is 0. The van der Waals surface area contributed by atoms with E-state index >= 15 is 0 Å². The molecule has 0 aromatic heterocycles. The van der Waals surface area contributed by atoms with E-state index in [2.05, 4.69) is 0 Å². The number of benzene rings is 3. The van der Waals surface area contributed by atoms with E-state index in [4.69, 9.17) is 5.73 Å². The predicted octanol–water partition coefficient (Wildman–Crippen LogP) is 3.86. The number of hydrogen-bond donors (Lipinski definition) is 4. The Bertz CT molecular complexity index is 781. The molecule has 23 heavy (non-hydrogen) atoms. The molecule has 0 aliphatic carbocycles. The molecule has 0 unspecified atom stereocenters. The number of aromatic hydroxyl groups is 3. The summed E-state index contributed by atoms with van der Waals surface area (Å²) in [4.78, 5) is 1.79. The summed E-state index contributed by atoms with van der Waals surface area (Å²) in [5, 5.41) is 29.4. The lowest BCUT2D eigenvalue weighted by Crippen LogP contribution is -2.12. The van der Waals surface area contributed by atoms with Gasteiger partial charge in [-0.1, -0.05) is 36.4 Å². The zero-order valence-corrected chi connectivity index (χ0v) is 12.2. The highest BCUT2D eigenvalue weighted by Crippen LogP contribution is 2.48. The number of para-hydroxylation sites is 2. The minimum Gasteiger partial charge on any atom is -0.504 e. The third-order valence-corrected chi connectivity index (χ3v) is 3.54. The molecule has 5 heteroatoms. The Morgan fingerprint density at radius 3 is 1.65 bits per heavy atom. The van der Waals surface area contributed by atoms with E-state index in [1.165, 1.54) is 6.07 Å². The third-order valence-electron chi connectivity index (χ3n) is 3.54. The zero-order valence-electron chi connectivity index (χ0n) is 12.2. The highest BCUT2D eigenvalue weighted by molar-refractivity contribution is 5.89. The van der Waals surface area contributed by atoms with Crippen LogP contribution in [0.25, 0.3) is 0 Å². The summed E-state index contributed by atoms with van der Waals surface area (Å²) < 4.78 is 0. The van der Waals surface area contributed by atoms with Crippen LogP contribution in [-0.4, -0.2) is 15.3 Å². The minimum atomic E-state index is -0.632. The van der Waals surface area contributed by atoms with Gasteiger partial charge in [-0.15, -0.1) is 0 Å². The number of nitrogens with zero attached hydrogens (tertiary/aromatic N) is 1. The number of phenols is 3. The van der Waals surface area contributed by atoms with Gasteiger partial charge in [0.2, 0.25) is 5.75 Å². The summed E-state index contributed by atoms with van der Waals surface area (Å²) in [5.41, 5.74) is 7.92. The Labute approximate surface area is 133 Å². The van der Waals surface area contributed by atoms with E-state index in [0.717, 1.165) is 11.4 Å². The molecule has 0 aliphatic rings. The van der Waals surface area contributed by atoms with E-state index in [0.29, 0.717) is 5.69 Å². The highest BCUT2D eigenvalue weighted by atomic mass is 16.3. The van der Waals surface area contributed by atoms with Gasteiger partial charge < -0.3 is 26.0 Å². The lowest BCUT2D eigenvalue weighted by atomic mass is 10.1. The molecule has 0 saturated heterocycles. The molecule has 3 aromatic carbocycles. The van der Waals surface area contributed by atoms with Gasteiger partial charge in [-0.05, 0) is 24.3 Å². The zero-order chi connectivity index (χ0) is 16.4. The van der Waals surface area contributed by atoms with E-state index in [-0.39, 0.29) is 5.69 Å². The van der Waals surface area contributed by atoms with Gasteiger partial charge in [0.1, 0.15) is 5.69 Å². The monoisotopic (exact) mass is 308 g/mol. The third kappa shape index (κ3) is 2.60. The van der Waals surface area contributed by atoms with E-state index in [1.807, 2.05) is 60.7 Å². The van der Waals surface area contributed by atoms with Crippen LogP contribution in [0.4, 0.5) is 22.7 Å². The number of hydrogen-bond acceptors (Lipinski definition) is 5. The van der Waals surface area contributed by atoms with Gasteiger partial charge in [0.25, 0.3) is 0 Å². The van der Waals surface area contributed by atoms with Gasteiger partial charge in [-0.3, -0.25) is 0 Å². The molecule has 0 spiro atoms. The quantitative estimate of drug-likeness (QED) is 0.335. The summed E-state index contributed by atoms with van der Waals surface area (Å²) in [6, 6.07) is 20.1. The normalized spacial score (nSPS) is 10.4. The smallest absolute Gasteiger partial charge is 0.202 e. The Balaban J connectivity index is 2.26. The maximum atomic E-state index is 9.95. The molecule has 0 aliphatic heterocycles.